The summed E-state index contributed by atoms with van der Waals surface area (Å²) in [5, 5.41) is 0. The Morgan fingerprint density at radius 1 is 0.625 bits per heavy atom. The van der Waals surface area contributed by atoms with Gasteiger partial charge in [0.05, 0.1) is 6.04 Å². The highest BCUT2D eigenvalue weighted by Gasteiger charge is 2.35. The lowest BCUT2D eigenvalue weighted by atomic mass is 9.67. The molecule has 0 aliphatic heterocycles. The highest BCUT2D eigenvalue weighted by atomic mass is 15.2. The molecule has 2 nitrogen and oxygen atoms in total. The van der Waals surface area contributed by atoms with Crippen LogP contribution in [0.15, 0.2) is 145 Å². The molecule has 0 aromatic heterocycles. The number of hydrogen-bond donors (Lipinski definition) is 0. The van der Waals surface area contributed by atoms with Gasteiger partial charge in [-0.3, -0.25) is 0 Å². The van der Waals surface area contributed by atoms with Crippen LogP contribution in [0.4, 0.5) is 28.4 Å². The molecule has 5 aromatic carbocycles. The van der Waals surface area contributed by atoms with Crippen LogP contribution in [0.1, 0.15) is 115 Å². The monoisotopic (exact) mass is 741 g/mol. The van der Waals surface area contributed by atoms with E-state index in [-0.39, 0.29) is 16.9 Å². The maximum Gasteiger partial charge on any atom is 0.0585 e. The molecule has 290 valence electrons. The number of nitrogens with zero attached hydrogens (tertiary/aromatic N) is 2. The predicted octanol–water partition coefficient (Wildman–Crippen LogP) is 15.1. The van der Waals surface area contributed by atoms with Crippen molar-refractivity contribution in [3.05, 3.63) is 173 Å². The van der Waals surface area contributed by atoms with Gasteiger partial charge in [0, 0.05) is 28.4 Å². The molecule has 0 saturated heterocycles. The third-order valence-electron chi connectivity index (χ3n) is 13.6. The van der Waals surface area contributed by atoms with Crippen molar-refractivity contribution in [2.75, 3.05) is 9.80 Å². The van der Waals surface area contributed by atoms with E-state index in [4.69, 9.17) is 0 Å². The van der Waals surface area contributed by atoms with Gasteiger partial charge in [-0.15, -0.1) is 0 Å². The normalized spacial score (nSPS) is 17.7. The standard InChI is InChI=1S/C54H64N2/c1-10-38(4)40-20-28-49(29-21-40)56(46-16-14-13-15-17-46)52-35-23-43(36-39(52)5)51(11-2)54(8,9)45-26-33-48(34-27-45)55(50-30-22-41-18-19-42(41)37-50)47-31-24-44(25-32-47)53(6,7)12-3/h13-17,20-39,51-52H,10-12,18-19H2,1-9H3. The lowest BCUT2D eigenvalue weighted by molar-refractivity contribution is 0.356. The SMILES string of the molecule is CCC(C)c1ccc(N(c2ccccc2)C2C=CC(C(CC)C(C)(C)c3ccc(N(c4ccc(C(C)(C)CC)cc4)c4ccc5c(c4)CC5)cc3)=CC2C)cc1. The first-order chi connectivity index (χ1) is 26.9. The number of rotatable bonds is 14. The van der Waals surface area contributed by atoms with Crippen LogP contribution in [0.2, 0.25) is 0 Å². The number of para-hydroxylation sites is 1. The van der Waals surface area contributed by atoms with Crippen LogP contribution in [0.25, 0.3) is 0 Å². The summed E-state index contributed by atoms with van der Waals surface area (Å²) in [4.78, 5) is 4.98. The van der Waals surface area contributed by atoms with Crippen LogP contribution in [-0.4, -0.2) is 6.04 Å². The smallest absolute Gasteiger partial charge is 0.0585 e. The lowest BCUT2D eigenvalue weighted by Gasteiger charge is -2.40. The van der Waals surface area contributed by atoms with Crippen molar-refractivity contribution in [3.8, 4) is 0 Å². The van der Waals surface area contributed by atoms with Gasteiger partial charge in [-0.2, -0.15) is 0 Å². The van der Waals surface area contributed by atoms with Crippen molar-refractivity contribution < 1.29 is 0 Å². The van der Waals surface area contributed by atoms with Gasteiger partial charge in [0.2, 0.25) is 0 Å². The number of fused-ring (bicyclic) bond motifs is 1. The lowest BCUT2D eigenvalue weighted by Crippen LogP contribution is -2.37. The Bertz CT molecular complexity index is 2130. The van der Waals surface area contributed by atoms with E-state index in [2.05, 4.69) is 212 Å². The molecule has 0 fully saturated rings. The van der Waals surface area contributed by atoms with Gasteiger partial charge in [-0.1, -0.05) is 141 Å². The topological polar surface area (TPSA) is 6.48 Å². The predicted molar refractivity (Wildman–Crippen MR) is 243 cm³/mol. The Kier molecular flexibility index (Phi) is 11.5. The van der Waals surface area contributed by atoms with Gasteiger partial charge < -0.3 is 9.80 Å². The van der Waals surface area contributed by atoms with Gasteiger partial charge >= 0.3 is 0 Å². The zero-order valence-corrected chi connectivity index (χ0v) is 35.5. The Labute approximate surface area is 339 Å². The first-order valence-corrected chi connectivity index (χ1v) is 21.4. The summed E-state index contributed by atoms with van der Waals surface area (Å²) in [7, 11) is 0. The Hall–Kier alpha value is -4.82. The summed E-state index contributed by atoms with van der Waals surface area (Å²) in [6, 6.07) is 46.2. The van der Waals surface area contributed by atoms with E-state index < -0.39 is 0 Å². The molecule has 2 aliphatic carbocycles. The Morgan fingerprint density at radius 3 is 1.73 bits per heavy atom. The summed E-state index contributed by atoms with van der Waals surface area (Å²) >= 11 is 0. The van der Waals surface area contributed by atoms with E-state index in [1.165, 1.54) is 74.7 Å². The largest absolute Gasteiger partial charge is 0.334 e. The molecule has 0 heterocycles. The fourth-order valence-electron chi connectivity index (χ4n) is 9.11. The zero-order chi connectivity index (χ0) is 39.6. The average molecular weight is 741 g/mol. The maximum atomic E-state index is 2.56. The highest BCUT2D eigenvalue weighted by molar-refractivity contribution is 5.78. The minimum atomic E-state index is -0.0607. The fourth-order valence-corrected chi connectivity index (χ4v) is 9.11. The second kappa shape index (κ2) is 16.3. The maximum absolute atomic E-state index is 2.56. The third kappa shape index (κ3) is 7.77. The second-order valence-corrected chi connectivity index (χ2v) is 17.8. The van der Waals surface area contributed by atoms with Crippen LogP contribution in [0.5, 0.6) is 0 Å². The minimum Gasteiger partial charge on any atom is -0.334 e. The number of anilines is 5. The molecule has 7 rings (SSSR count). The van der Waals surface area contributed by atoms with Gasteiger partial charge in [-0.05, 0) is 155 Å². The highest BCUT2D eigenvalue weighted by Crippen LogP contribution is 2.44. The van der Waals surface area contributed by atoms with E-state index in [0.29, 0.717) is 17.8 Å². The van der Waals surface area contributed by atoms with E-state index in [9.17, 15) is 0 Å². The molecule has 2 aliphatic rings. The second-order valence-electron chi connectivity index (χ2n) is 17.8. The minimum absolute atomic E-state index is 0.0607. The first-order valence-electron chi connectivity index (χ1n) is 21.4. The quantitative estimate of drug-likeness (QED) is 0.112. The van der Waals surface area contributed by atoms with Crippen molar-refractivity contribution >= 4 is 28.4 Å². The van der Waals surface area contributed by atoms with Crippen LogP contribution >= 0.6 is 0 Å². The summed E-state index contributed by atoms with van der Waals surface area (Å²) in [6.45, 7) is 21.2. The zero-order valence-electron chi connectivity index (χ0n) is 35.5. The molecule has 0 saturated carbocycles. The van der Waals surface area contributed by atoms with E-state index in [1.54, 1.807) is 0 Å². The summed E-state index contributed by atoms with van der Waals surface area (Å²) in [6.07, 6.45) is 13.2. The molecule has 4 atom stereocenters. The molecule has 4 unspecified atom stereocenters. The molecule has 5 aromatic rings. The molecule has 2 heteroatoms. The summed E-state index contributed by atoms with van der Waals surface area (Å²) < 4.78 is 0. The molecule has 0 spiro atoms. The van der Waals surface area contributed by atoms with Crippen molar-refractivity contribution in [3.63, 3.8) is 0 Å². The van der Waals surface area contributed by atoms with E-state index >= 15 is 0 Å². The molecular formula is C54H64N2. The van der Waals surface area contributed by atoms with Crippen LogP contribution in [0.3, 0.4) is 0 Å². The molecule has 0 amide bonds. The van der Waals surface area contributed by atoms with Gasteiger partial charge in [-0.25, -0.2) is 0 Å². The third-order valence-corrected chi connectivity index (χ3v) is 13.6. The van der Waals surface area contributed by atoms with Crippen molar-refractivity contribution in [1.29, 1.82) is 0 Å². The number of aryl methyl sites for hydroxylation is 2. The van der Waals surface area contributed by atoms with Crippen LogP contribution in [-0.2, 0) is 23.7 Å². The van der Waals surface area contributed by atoms with Crippen LogP contribution < -0.4 is 9.80 Å². The Balaban J connectivity index is 1.16. The van der Waals surface area contributed by atoms with Crippen molar-refractivity contribution in [2.24, 2.45) is 11.8 Å². The van der Waals surface area contributed by atoms with Crippen molar-refractivity contribution in [1.82, 2.24) is 0 Å². The molecule has 56 heavy (non-hydrogen) atoms. The molecule has 0 N–H and O–H groups in total. The number of benzene rings is 5. The number of allylic oxidation sites excluding steroid dienone is 2. The fraction of sp³-hybridized carbons (Fsp3) is 0.370. The van der Waals surface area contributed by atoms with Crippen LogP contribution in [0, 0.1) is 11.8 Å². The van der Waals surface area contributed by atoms with Gasteiger partial charge in [0.25, 0.3) is 0 Å². The van der Waals surface area contributed by atoms with E-state index in [1.807, 2.05) is 0 Å². The summed E-state index contributed by atoms with van der Waals surface area (Å²) in [5.41, 5.74) is 14.8. The molecule has 0 bridgehead atoms. The van der Waals surface area contributed by atoms with E-state index in [0.717, 1.165) is 19.3 Å². The number of hydrogen-bond acceptors (Lipinski definition) is 2. The average Bonchev–Trinajstić information content (AvgIpc) is 3.21. The molecule has 0 radical (unpaired) electrons. The van der Waals surface area contributed by atoms with Crippen molar-refractivity contribution in [2.45, 2.75) is 117 Å². The summed E-state index contributed by atoms with van der Waals surface area (Å²) in [5.74, 6) is 1.28. The van der Waals surface area contributed by atoms with Gasteiger partial charge in [0.1, 0.15) is 0 Å². The van der Waals surface area contributed by atoms with Gasteiger partial charge in [0.15, 0.2) is 0 Å². The Morgan fingerprint density at radius 2 is 1.20 bits per heavy atom. The molecular weight excluding hydrogens is 677 g/mol. The first kappa shape index (κ1) is 39.4.